The highest BCUT2D eigenvalue weighted by Crippen LogP contribution is 2.45. The third kappa shape index (κ3) is 85.4. The van der Waals surface area contributed by atoms with E-state index in [0.717, 1.165) is 212 Å². The summed E-state index contributed by atoms with van der Waals surface area (Å²) in [7, 11) is -9.82. The van der Waals surface area contributed by atoms with Crippen LogP contribution >= 0.6 is 15.6 Å². The van der Waals surface area contributed by atoms with Crippen molar-refractivity contribution in [2.24, 2.45) is 0 Å². The van der Waals surface area contributed by atoms with Gasteiger partial charge in [0.2, 0.25) is 0 Å². The van der Waals surface area contributed by atoms with E-state index < -0.39 is 91.5 Å². The number of hydrogen-bond donors (Lipinski definition) is 4. The fraction of sp³-hybridized carbons (Fsp3) is 0.645. The van der Waals surface area contributed by atoms with Gasteiger partial charge in [-0.25, -0.2) is 9.13 Å². The van der Waals surface area contributed by atoms with Crippen LogP contribution in [0.3, 0.4) is 0 Å². The van der Waals surface area contributed by atoms with Crippen molar-refractivity contribution in [1.82, 2.24) is 0 Å². The van der Waals surface area contributed by atoms with Crippen LogP contribution in [-0.4, -0.2) is 95.9 Å². The molecule has 111 heavy (non-hydrogen) atoms. The first-order valence-corrected chi connectivity index (χ1v) is 46.1. The summed E-state index contributed by atoms with van der Waals surface area (Å²) in [6, 6.07) is 0. The van der Waals surface area contributed by atoms with E-state index in [2.05, 4.69) is 203 Å². The minimum absolute atomic E-state index is 0.0823. The molecule has 0 fully saturated rings. The number of aliphatic hydroxyl groups is 2. The predicted octanol–water partition coefficient (Wildman–Crippen LogP) is 26.1. The third-order valence-electron chi connectivity index (χ3n) is 17.6. The molecule has 0 rings (SSSR count). The minimum atomic E-state index is -4.95. The zero-order valence-corrected chi connectivity index (χ0v) is 71.1. The van der Waals surface area contributed by atoms with Gasteiger partial charge < -0.3 is 34.2 Å². The van der Waals surface area contributed by atoms with E-state index in [1.165, 1.54) is 57.8 Å². The van der Waals surface area contributed by atoms with Crippen molar-refractivity contribution < 1.29 is 75.8 Å². The van der Waals surface area contributed by atoms with Crippen LogP contribution in [0.1, 0.15) is 329 Å². The predicted molar refractivity (Wildman–Crippen MR) is 463 cm³/mol. The number of carbonyl (C=O) groups excluding carboxylic acids is 3. The van der Waals surface area contributed by atoms with E-state index >= 15 is 0 Å². The van der Waals surface area contributed by atoms with E-state index in [4.69, 9.17) is 32.3 Å². The lowest BCUT2D eigenvalue weighted by Gasteiger charge is -2.21. The number of phosphoric ester groups is 2. The standard InChI is InChI=1S/C93H154O16P2/c1-4-7-10-13-16-19-22-25-28-31-34-37-40-41-42-43-44-45-48-50-52-55-58-61-64-67-70-73-76-79-91(96)103-82-88(94)83-105-110(99,100)106-84-89(95)85-107-111(101,102)108-87-90(109-93(98)81-78-75-72-69-66-63-60-57-54-51-47-39-36-33-30-27-24-21-18-15-12-9-6-3)86-104-92(97)80-77-74-71-68-65-62-59-56-53-49-46-38-35-32-29-26-23-20-17-14-11-8-5-2/h7-12,16-21,25-30,34-39,41-42,49,51,53-54,88-90,94-95H,4-6,13-15,22-24,31-33,40,43-48,50,52,55-87H2,1-3H3,(H,99,100)(H,101,102)/b10-7-,11-8-,12-9-,19-16-,20-17-,21-18-,28-25-,29-26-,30-27-,37-34-,38-35-,39-36-,42-41-,53-49-,54-51-. The number of allylic oxidation sites excluding steroid dienone is 30. The van der Waals surface area contributed by atoms with E-state index in [-0.39, 0.29) is 19.3 Å². The molecule has 16 nitrogen and oxygen atoms in total. The number of carbonyl (C=O) groups is 3. The van der Waals surface area contributed by atoms with E-state index in [1.54, 1.807) is 0 Å². The second kappa shape index (κ2) is 84.1. The van der Waals surface area contributed by atoms with Crippen molar-refractivity contribution in [3.63, 3.8) is 0 Å². The van der Waals surface area contributed by atoms with Crippen molar-refractivity contribution in [3.05, 3.63) is 182 Å². The molecule has 0 saturated carbocycles. The summed E-state index contributed by atoms with van der Waals surface area (Å²) in [6.07, 6.45) is 109. The molecule has 0 aromatic rings. The summed E-state index contributed by atoms with van der Waals surface area (Å²) in [5.41, 5.74) is 0. The zero-order chi connectivity index (χ0) is 80.8. The van der Waals surface area contributed by atoms with Crippen molar-refractivity contribution in [2.45, 2.75) is 347 Å². The fourth-order valence-corrected chi connectivity index (χ4v) is 12.8. The molecule has 0 spiro atoms. The largest absolute Gasteiger partial charge is 0.472 e. The van der Waals surface area contributed by atoms with Crippen LogP contribution in [0.5, 0.6) is 0 Å². The molecule has 632 valence electrons. The minimum Gasteiger partial charge on any atom is -0.463 e. The number of esters is 3. The van der Waals surface area contributed by atoms with Gasteiger partial charge in [0, 0.05) is 19.3 Å². The molecule has 4 N–H and O–H groups in total. The van der Waals surface area contributed by atoms with E-state index in [1.807, 2.05) is 0 Å². The average molecular weight is 1590 g/mol. The Morgan fingerprint density at radius 1 is 0.252 bits per heavy atom. The Bertz CT molecular complexity index is 2750. The summed E-state index contributed by atoms with van der Waals surface area (Å²) in [6.45, 7) is 2.33. The molecular formula is C93H154O16P2. The van der Waals surface area contributed by atoms with Crippen LogP contribution in [-0.2, 0) is 55.8 Å². The molecule has 0 saturated heterocycles. The van der Waals surface area contributed by atoms with E-state index in [0.29, 0.717) is 19.3 Å². The second-order valence-corrected chi connectivity index (χ2v) is 31.1. The maximum absolute atomic E-state index is 13.0. The number of unbranched alkanes of at least 4 members (excludes halogenated alkanes) is 27. The van der Waals surface area contributed by atoms with E-state index in [9.17, 15) is 43.5 Å². The van der Waals surface area contributed by atoms with Crippen molar-refractivity contribution in [1.29, 1.82) is 0 Å². The molecule has 0 aromatic carbocycles. The third-order valence-corrected chi connectivity index (χ3v) is 19.5. The van der Waals surface area contributed by atoms with Crippen LogP contribution in [0.4, 0.5) is 0 Å². The first-order valence-electron chi connectivity index (χ1n) is 43.1. The van der Waals surface area contributed by atoms with Crippen LogP contribution in [0.2, 0.25) is 0 Å². The van der Waals surface area contributed by atoms with Gasteiger partial charge in [0.25, 0.3) is 0 Å². The lowest BCUT2D eigenvalue weighted by molar-refractivity contribution is -0.161. The fourth-order valence-electron chi connectivity index (χ4n) is 11.2. The first kappa shape index (κ1) is 106. The summed E-state index contributed by atoms with van der Waals surface area (Å²) < 4.78 is 61.4. The molecule has 0 amide bonds. The molecule has 0 aromatic heterocycles. The van der Waals surface area contributed by atoms with Crippen LogP contribution < -0.4 is 0 Å². The molecule has 5 atom stereocenters. The SMILES string of the molecule is CC/C=C\C/C=C\C/C=C\C/C=C\C/C=C\CCCCCCCCCCCCCCCC(=O)OCC(O)COP(=O)(O)OCC(O)COP(=O)(O)OCC(COC(=O)CCCCCCCCC/C=C\C/C=C\C/C=C\C/C=C\C/C=C\CC)OC(=O)CCCCCCCCC/C=C\C/C=C\C/C=C\C/C=C\C/C=C\CC. The number of phosphoric acid groups is 2. The van der Waals surface area contributed by atoms with Gasteiger partial charge in [-0.2, -0.15) is 0 Å². The second-order valence-electron chi connectivity index (χ2n) is 28.2. The van der Waals surface area contributed by atoms with Gasteiger partial charge in [0.1, 0.15) is 25.4 Å². The van der Waals surface area contributed by atoms with Crippen molar-refractivity contribution in [3.8, 4) is 0 Å². The molecule has 18 heteroatoms. The number of hydrogen-bond acceptors (Lipinski definition) is 14. The Hall–Kier alpha value is -5.35. The Kier molecular flexibility index (Phi) is 80.0. The lowest BCUT2D eigenvalue weighted by Crippen LogP contribution is -2.30. The van der Waals surface area contributed by atoms with Crippen LogP contribution in [0, 0.1) is 0 Å². The summed E-state index contributed by atoms with van der Waals surface area (Å²) >= 11 is 0. The molecule has 0 bridgehead atoms. The Morgan fingerprint density at radius 2 is 0.450 bits per heavy atom. The summed E-state index contributed by atoms with van der Waals surface area (Å²) in [5.74, 6) is -1.60. The first-order chi connectivity index (χ1) is 54.2. The molecule has 5 unspecified atom stereocenters. The lowest BCUT2D eigenvalue weighted by atomic mass is 10.0. The van der Waals surface area contributed by atoms with Gasteiger partial charge in [-0.15, -0.1) is 0 Å². The average Bonchev–Trinajstić information content (AvgIpc) is 0.900. The van der Waals surface area contributed by atoms with Crippen LogP contribution in [0.25, 0.3) is 0 Å². The van der Waals surface area contributed by atoms with Gasteiger partial charge in [-0.3, -0.25) is 32.5 Å². The van der Waals surface area contributed by atoms with Gasteiger partial charge in [0.05, 0.1) is 26.4 Å². The molecule has 0 aliphatic heterocycles. The summed E-state index contributed by atoms with van der Waals surface area (Å²) in [5, 5.41) is 20.7. The van der Waals surface area contributed by atoms with Gasteiger partial charge in [-0.05, 0) is 154 Å². The number of aliphatic hydroxyl groups excluding tert-OH is 2. The Balaban J connectivity index is 4.66. The Labute approximate surface area is 675 Å². The Morgan fingerprint density at radius 3 is 0.712 bits per heavy atom. The maximum Gasteiger partial charge on any atom is 0.472 e. The van der Waals surface area contributed by atoms with Crippen molar-refractivity contribution >= 4 is 33.6 Å². The molecule has 0 aliphatic rings. The monoisotopic (exact) mass is 1590 g/mol. The molecule has 0 heterocycles. The van der Waals surface area contributed by atoms with Crippen molar-refractivity contribution in [2.75, 3.05) is 39.6 Å². The smallest absolute Gasteiger partial charge is 0.463 e. The molecular weight excluding hydrogens is 1430 g/mol. The summed E-state index contributed by atoms with van der Waals surface area (Å²) in [4.78, 5) is 58.9. The topological polar surface area (TPSA) is 231 Å². The highest BCUT2D eigenvalue weighted by atomic mass is 31.2. The maximum atomic E-state index is 13.0. The number of ether oxygens (including phenoxy) is 3. The van der Waals surface area contributed by atoms with Gasteiger partial charge in [-0.1, -0.05) is 338 Å². The highest BCUT2D eigenvalue weighted by Gasteiger charge is 2.29. The normalized spacial score (nSPS) is 14.8. The highest BCUT2D eigenvalue weighted by molar-refractivity contribution is 7.47. The molecule has 0 aliphatic carbocycles. The number of rotatable bonds is 80. The zero-order valence-electron chi connectivity index (χ0n) is 69.3. The van der Waals surface area contributed by atoms with Crippen LogP contribution in [0.15, 0.2) is 182 Å². The van der Waals surface area contributed by atoms with Gasteiger partial charge in [0.15, 0.2) is 6.10 Å². The molecule has 0 radical (unpaired) electrons. The van der Waals surface area contributed by atoms with Gasteiger partial charge >= 0.3 is 33.6 Å². The quantitative estimate of drug-likeness (QED) is 0.0146.